The highest BCUT2D eigenvalue weighted by Crippen LogP contribution is 2.27. The van der Waals surface area contributed by atoms with E-state index in [2.05, 4.69) is 26.5 Å². The third-order valence-electron chi connectivity index (χ3n) is 3.26. The maximum atomic E-state index is 5.72. The van der Waals surface area contributed by atoms with Gasteiger partial charge in [0.15, 0.2) is 0 Å². The van der Waals surface area contributed by atoms with Crippen molar-refractivity contribution in [3.05, 3.63) is 45.7 Å². The van der Waals surface area contributed by atoms with Gasteiger partial charge in [0.05, 0.1) is 24.5 Å². The lowest BCUT2D eigenvalue weighted by Gasteiger charge is -2.18. The fraction of sp³-hybridized carbons (Fsp3) is 0.357. The molecule has 3 N–H and O–H groups in total. The lowest BCUT2D eigenvalue weighted by molar-refractivity contribution is 0.404. The summed E-state index contributed by atoms with van der Waals surface area (Å²) in [6.45, 7) is 1.97. The van der Waals surface area contributed by atoms with Gasteiger partial charge >= 0.3 is 0 Å². The van der Waals surface area contributed by atoms with Crippen LogP contribution in [-0.2, 0) is 13.5 Å². The molecule has 0 bridgehead atoms. The van der Waals surface area contributed by atoms with Crippen LogP contribution in [-0.4, -0.2) is 16.9 Å². The number of benzene rings is 1. The molecule has 0 fully saturated rings. The van der Waals surface area contributed by atoms with Gasteiger partial charge in [-0.25, -0.2) is 0 Å². The SMILES string of the molecule is COc1ccc(Br)cc1CC(NN)c1cc(C)nn1C. The van der Waals surface area contributed by atoms with Gasteiger partial charge in [-0.1, -0.05) is 15.9 Å². The highest BCUT2D eigenvalue weighted by Gasteiger charge is 2.17. The molecule has 0 amide bonds. The molecule has 6 heteroatoms. The highest BCUT2D eigenvalue weighted by molar-refractivity contribution is 9.10. The summed E-state index contributed by atoms with van der Waals surface area (Å²) in [4.78, 5) is 0. The lowest BCUT2D eigenvalue weighted by atomic mass is 10.0. The van der Waals surface area contributed by atoms with E-state index in [1.54, 1.807) is 7.11 Å². The number of nitrogens with two attached hydrogens (primary N) is 1. The minimum absolute atomic E-state index is 0.0237. The third kappa shape index (κ3) is 3.20. The topological polar surface area (TPSA) is 65.1 Å². The van der Waals surface area contributed by atoms with E-state index < -0.39 is 0 Å². The van der Waals surface area contributed by atoms with Gasteiger partial charge < -0.3 is 4.74 Å². The quantitative estimate of drug-likeness (QED) is 0.648. The molecule has 0 saturated heterocycles. The van der Waals surface area contributed by atoms with E-state index in [1.165, 1.54) is 0 Å². The number of hydrogen-bond donors (Lipinski definition) is 2. The molecule has 1 aromatic carbocycles. The molecule has 0 spiro atoms. The van der Waals surface area contributed by atoms with E-state index in [1.807, 2.05) is 42.9 Å². The molecule has 0 aliphatic heterocycles. The lowest BCUT2D eigenvalue weighted by Crippen LogP contribution is -2.31. The summed E-state index contributed by atoms with van der Waals surface area (Å²) >= 11 is 3.49. The summed E-state index contributed by atoms with van der Waals surface area (Å²) in [5.74, 6) is 6.57. The van der Waals surface area contributed by atoms with Crippen molar-refractivity contribution in [2.75, 3.05) is 7.11 Å². The monoisotopic (exact) mass is 338 g/mol. The Labute approximate surface area is 127 Å². The smallest absolute Gasteiger partial charge is 0.122 e. The van der Waals surface area contributed by atoms with Gasteiger partial charge in [-0.15, -0.1) is 0 Å². The molecule has 1 atom stereocenters. The molecule has 0 saturated carbocycles. The Morgan fingerprint density at radius 1 is 1.45 bits per heavy atom. The molecule has 1 heterocycles. The van der Waals surface area contributed by atoms with Gasteiger partial charge in [-0.3, -0.25) is 16.0 Å². The van der Waals surface area contributed by atoms with Gasteiger partial charge in [0, 0.05) is 11.5 Å². The summed E-state index contributed by atoms with van der Waals surface area (Å²) < 4.78 is 8.28. The molecule has 2 aromatic rings. The molecule has 2 rings (SSSR count). The summed E-state index contributed by atoms with van der Waals surface area (Å²) in [5, 5.41) is 4.36. The number of rotatable bonds is 5. The molecule has 20 heavy (non-hydrogen) atoms. The minimum atomic E-state index is -0.0237. The molecule has 0 aliphatic carbocycles. The van der Waals surface area contributed by atoms with Crippen LogP contribution in [0.3, 0.4) is 0 Å². The molecule has 0 aliphatic rings. The Morgan fingerprint density at radius 2 is 2.20 bits per heavy atom. The predicted octanol–water partition coefficient (Wildman–Crippen LogP) is 2.25. The van der Waals surface area contributed by atoms with Crippen molar-refractivity contribution in [1.82, 2.24) is 15.2 Å². The number of methoxy groups -OCH3 is 1. The minimum Gasteiger partial charge on any atom is -0.496 e. The first-order valence-corrected chi connectivity index (χ1v) is 7.13. The maximum absolute atomic E-state index is 5.72. The predicted molar refractivity (Wildman–Crippen MR) is 82.4 cm³/mol. The van der Waals surface area contributed by atoms with Crippen molar-refractivity contribution >= 4 is 15.9 Å². The van der Waals surface area contributed by atoms with Crippen molar-refractivity contribution in [3.8, 4) is 5.75 Å². The van der Waals surface area contributed by atoms with Crippen molar-refractivity contribution < 1.29 is 4.74 Å². The second-order valence-electron chi connectivity index (χ2n) is 4.71. The Kier molecular flexibility index (Phi) is 4.80. The van der Waals surface area contributed by atoms with Crippen LogP contribution in [0.25, 0.3) is 0 Å². The molecule has 5 nitrogen and oxygen atoms in total. The van der Waals surface area contributed by atoms with Gasteiger partial charge in [-0.2, -0.15) is 5.10 Å². The van der Waals surface area contributed by atoms with Crippen LogP contribution in [0.4, 0.5) is 0 Å². The first-order chi connectivity index (χ1) is 9.55. The fourth-order valence-electron chi connectivity index (χ4n) is 2.33. The second-order valence-corrected chi connectivity index (χ2v) is 5.63. The zero-order chi connectivity index (χ0) is 14.7. The Bertz CT molecular complexity index is 597. The number of ether oxygens (including phenoxy) is 1. The van der Waals surface area contributed by atoms with E-state index in [-0.39, 0.29) is 6.04 Å². The van der Waals surface area contributed by atoms with Crippen LogP contribution in [0.1, 0.15) is 23.0 Å². The largest absolute Gasteiger partial charge is 0.496 e. The maximum Gasteiger partial charge on any atom is 0.122 e. The fourth-order valence-corrected chi connectivity index (χ4v) is 2.74. The van der Waals surface area contributed by atoms with Crippen LogP contribution in [0.5, 0.6) is 5.75 Å². The molecule has 108 valence electrons. The number of hydrazine groups is 1. The molecular weight excluding hydrogens is 320 g/mol. The van der Waals surface area contributed by atoms with Crippen LogP contribution < -0.4 is 16.0 Å². The van der Waals surface area contributed by atoms with Gasteiger partial charge in [0.2, 0.25) is 0 Å². The van der Waals surface area contributed by atoms with Crippen molar-refractivity contribution in [1.29, 1.82) is 0 Å². The normalized spacial score (nSPS) is 12.4. The Hall–Kier alpha value is -1.37. The van der Waals surface area contributed by atoms with Crippen molar-refractivity contribution in [3.63, 3.8) is 0 Å². The van der Waals surface area contributed by atoms with Gasteiger partial charge in [0.1, 0.15) is 5.75 Å². The van der Waals surface area contributed by atoms with E-state index >= 15 is 0 Å². The molecule has 1 unspecified atom stereocenters. The Balaban J connectivity index is 2.31. The number of aromatic nitrogens is 2. The number of nitrogens with zero attached hydrogens (tertiary/aromatic N) is 2. The summed E-state index contributed by atoms with van der Waals surface area (Å²) in [5.41, 5.74) is 5.97. The first-order valence-electron chi connectivity index (χ1n) is 6.34. The van der Waals surface area contributed by atoms with E-state index in [4.69, 9.17) is 10.6 Å². The van der Waals surface area contributed by atoms with E-state index in [0.29, 0.717) is 0 Å². The summed E-state index contributed by atoms with van der Waals surface area (Å²) in [6, 6.07) is 7.97. The highest BCUT2D eigenvalue weighted by atomic mass is 79.9. The third-order valence-corrected chi connectivity index (χ3v) is 3.76. The van der Waals surface area contributed by atoms with E-state index in [0.717, 1.165) is 33.6 Å². The first kappa shape index (κ1) is 15.0. The number of aryl methyl sites for hydroxylation is 2. The number of hydrogen-bond acceptors (Lipinski definition) is 4. The van der Waals surface area contributed by atoms with Gasteiger partial charge in [0.25, 0.3) is 0 Å². The van der Waals surface area contributed by atoms with Crippen molar-refractivity contribution in [2.24, 2.45) is 12.9 Å². The summed E-state index contributed by atoms with van der Waals surface area (Å²) in [6.07, 6.45) is 0.720. The molecule has 0 radical (unpaired) electrons. The average molecular weight is 339 g/mol. The molecule has 1 aromatic heterocycles. The van der Waals surface area contributed by atoms with Gasteiger partial charge in [-0.05, 0) is 43.2 Å². The summed E-state index contributed by atoms with van der Waals surface area (Å²) in [7, 11) is 3.59. The zero-order valence-electron chi connectivity index (χ0n) is 11.9. The standard InChI is InChI=1S/C14H19BrN4O/c1-9-6-13(19(2)18-9)12(17-16)8-10-7-11(15)4-5-14(10)20-3/h4-7,12,17H,8,16H2,1-3H3. The van der Waals surface area contributed by atoms with Crippen LogP contribution in [0.2, 0.25) is 0 Å². The average Bonchev–Trinajstić information content (AvgIpc) is 2.75. The van der Waals surface area contributed by atoms with E-state index in [9.17, 15) is 0 Å². The zero-order valence-corrected chi connectivity index (χ0v) is 13.4. The molecular formula is C14H19BrN4O. The Morgan fingerprint density at radius 3 is 2.75 bits per heavy atom. The van der Waals surface area contributed by atoms with Crippen molar-refractivity contribution in [2.45, 2.75) is 19.4 Å². The number of nitrogens with one attached hydrogen (secondary N) is 1. The van der Waals surface area contributed by atoms with Crippen LogP contribution in [0.15, 0.2) is 28.7 Å². The second kappa shape index (κ2) is 6.39. The number of halogens is 1. The van der Waals surface area contributed by atoms with Crippen LogP contribution in [0, 0.1) is 6.92 Å². The van der Waals surface area contributed by atoms with Crippen LogP contribution >= 0.6 is 15.9 Å².